The molecular weight excluding hydrogens is 318 g/mol. The van der Waals surface area contributed by atoms with E-state index in [1.165, 1.54) is 12.8 Å². The van der Waals surface area contributed by atoms with Gasteiger partial charge in [-0.25, -0.2) is 4.98 Å². The maximum Gasteiger partial charge on any atom is 0.232 e. The quantitative estimate of drug-likeness (QED) is 0.813. The van der Waals surface area contributed by atoms with Crippen molar-refractivity contribution in [1.29, 1.82) is 0 Å². The highest BCUT2D eigenvalue weighted by atomic mass is 16.6. The second kappa shape index (κ2) is 7.70. The minimum Gasteiger partial charge on any atom is -0.486 e. The van der Waals surface area contributed by atoms with Crippen LogP contribution < -0.4 is 19.5 Å². The molecule has 0 bridgehead atoms. The zero-order valence-electron chi connectivity index (χ0n) is 14.2. The number of rotatable bonds is 6. The van der Waals surface area contributed by atoms with Gasteiger partial charge < -0.3 is 19.5 Å². The Morgan fingerprint density at radius 3 is 2.88 bits per heavy atom. The summed E-state index contributed by atoms with van der Waals surface area (Å²) in [6.07, 6.45) is 6.20. The van der Waals surface area contributed by atoms with E-state index in [4.69, 9.17) is 14.2 Å². The first-order valence-corrected chi connectivity index (χ1v) is 8.95. The summed E-state index contributed by atoms with van der Waals surface area (Å²) < 4.78 is 17.3. The molecule has 0 saturated heterocycles. The molecule has 132 valence electrons. The first-order chi connectivity index (χ1) is 12.4. The van der Waals surface area contributed by atoms with E-state index in [-0.39, 0.29) is 6.10 Å². The molecule has 0 spiro atoms. The minimum absolute atomic E-state index is 0.0124. The summed E-state index contributed by atoms with van der Waals surface area (Å²) >= 11 is 0. The van der Waals surface area contributed by atoms with Gasteiger partial charge in [0.2, 0.25) is 5.88 Å². The molecule has 1 unspecified atom stereocenters. The topological polar surface area (TPSA) is 65.5 Å². The van der Waals surface area contributed by atoms with E-state index in [1.54, 1.807) is 6.20 Å². The van der Waals surface area contributed by atoms with E-state index in [2.05, 4.69) is 15.3 Å². The lowest BCUT2D eigenvalue weighted by atomic mass is 10.0. The van der Waals surface area contributed by atoms with Crippen LogP contribution in [0.5, 0.6) is 17.4 Å². The van der Waals surface area contributed by atoms with Crippen LogP contribution in [0.25, 0.3) is 0 Å². The van der Waals surface area contributed by atoms with Crippen molar-refractivity contribution >= 4 is 0 Å². The fraction of sp³-hybridized carbons (Fsp3) is 0.474. The molecule has 1 aliphatic heterocycles. The Morgan fingerprint density at radius 2 is 1.96 bits per heavy atom. The maximum atomic E-state index is 5.91. The second-order valence-corrected chi connectivity index (χ2v) is 6.36. The van der Waals surface area contributed by atoms with Crippen molar-refractivity contribution in [1.82, 2.24) is 15.3 Å². The molecule has 1 aromatic heterocycles. The first kappa shape index (κ1) is 16.1. The average Bonchev–Trinajstić information content (AvgIpc) is 2.67. The summed E-state index contributed by atoms with van der Waals surface area (Å²) in [5, 5.41) is 3.34. The van der Waals surface area contributed by atoms with Crippen LogP contribution in [0.1, 0.15) is 24.2 Å². The minimum atomic E-state index is 0.0124. The lowest BCUT2D eigenvalue weighted by Gasteiger charge is -2.26. The monoisotopic (exact) mass is 341 g/mol. The van der Waals surface area contributed by atoms with Gasteiger partial charge in [-0.1, -0.05) is 12.1 Å². The SMILES string of the molecule is c1ccc2c(c1)OCC(CNCCOc1cnc3c(n1)CCCC3)O2. The molecule has 1 N–H and O–H groups in total. The van der Waals surface area contributed by atoms with Gasteiger partial charge in [-0.15, -0.1) is 0 Å². The number of nitrogens with one attached hydrogen (secondary N) is 1. The molecule has 2 aliphatic rings. The van der Waals surface area contributed by atoms with Crippen molar-refractivity contribution in [3.05, 3.63) is 41.9 Å². The molecule has 6 heteroatoms. The van der Waals surface area contributed by atoms with E-state index in [9.17, 15) is 0 Å². The number of aryl methyl sites for hydroxylation is 2. The normalized spacial score (nSPS) is 18.5. The Hall–Kier alpha value is -2.34. The van der Waals surface area contributed by atoms with Gasteiger partial charge in [0.1, 0.15) is 19.3 Å². The van der Waals surface area contributed by atoms with E-state index in [0.29, 0.717) is 25.6 Å². The number of para-hydroxylation sites is 2. The van der Waals surface area contributed by atoms with Crippen LogP contribution in [-0.2, 0) is 12.8 Å². The molecular formula is C19H23N3O3. The van der Waals surface area contributed by atoms with Crippen molar-refractivity contribution in [2.45, 2.75) is 31.8 Å². The highest BCUT2D eigenvalue weighted by Gasteiger charge is 2.20. The molecule has 0 amide bonds. The van der Waals surface area contributed by atoms with Gasteiger partial charge >= 0.3 is 0 Å². The van der Waals surface area contributed by atoms with Gasteiger partial charge in [0.05, 0.1) is 17.6 Å². The third-order valence-corrected chi connectivity index (χ3v) is 4.45. The predicted octanol–water partition coefficient (Wildman–Crippen LogP) is 2.16. The van der Waals surface area contributed by atoms with Crippen molar-refractivity contribution in [2.24, 2.45) is 0 Å². The highest BCUT2D eigenvalue weighted by molar-refractivity contribution is 5.40. The van der Waals surface area contributed by atoms with Gasteiger partial charge in [0.15, 0.2) is 11.5 Å². The van der Waals surface area contributed by atoms with Crippen LogP contribution in [-0.4, -0.2) is 42.4 Å². The zero-order valence-corrected chi connectivity index (χ0v) is 14.2. The van der Waals surface area contributed by atoms with Gasteiger partial charge in [0.25, 0.3) is 0 Å². The summed E-state index contributed by atoms with van der Waals surface area (Å²) in [6, 6.07) is 7.75. The Labute approximate surface area is 147 Å². The molecule has 1 aromatic carbocycles. The van der Waals surface area contributed by atoms with Crippen LogP contribution in [0.3, 0.4) is 0 Å². The Balaban J connectivity index is 1.18. The molecule has 0 saturated carbocycles. The summed E-state index contributed by atoms with van der Waals surface area (Å²) in [4.78, 5) is 9.04. The zero-order chi connectivity index (χ0) is 16.9. The first-order valence-electron chi connectivity index (χ1n) is 8.95. The molecule has 25 heavy (non-hydrogen) atoms. The second-order valence-electron chi connectivity index (χ2n) is 6.36. The van der Waals surface area contributed by atoms with Crippen LogP contribution in [0.4, 0.5) is 0 Å². The van der Waals surface area contributed by atoms with Crippen LogP contribution >= 0.6 is 0 Å². The summed E-state index contributed by atoms with van der Waals surface area (Å²) in [5.74, 6) is 2.24. The smallest absolute Gasteiger partial charge is 0.232 e. The van der Waals surface area contributed by atoms with Gasteiger partial charge in [-0.3, -0.25) is 4.98 Å². The maximum absolute atomic E-state index is 5.91. The molecule has 0 fully saturated rings. The number of benzene rings is 1. The molecule has 2 aromatic rings. The predicted molar refractivity (Wildman–Crippen MR) is 93.4 cm³/mol. The van der Waals surface area contributed by atoms with Gasteiger partial charge in [-0.05, 0) is 37.8 Å². The van der Waals surface area contributed by atoms with E-state index in [0.717, 1.165) is 42.3 Å². The van der Waals surface area contributed by atoms with Gasteiger partial charge in [0, 0.05) is 13.1 Å². The molecule has 1 atom stereocenters. The van der Waals surface area contributed by atoms with Gasteiger partial charge in [-0.2, -0.15) is 0 Å². The number of aromatic nitrogens is 2. The van der Waals surface area contributed by atoms with Crippen LogP contribution in [0.2, 0.25) is 0 Å². The average molecular weight is 341 g/mol. The van der Waals surface area contributed by atoms with Crippen molar-refractivity contribution < 1.29 is 14.2 Å². The summed E-state index contributed by atoms with van der Waals surface area (Å²) in [5.41, 5.74) is 2.23. The number of hydrogen-bond donors (Lipinski definition) is 1. The number of hydrogen-bond acceptors (Lipinski definition) is 6. The van der Waals surface area contributed by atoms with Crippen molar-refractivity contribution in [3.8, 4) is 17.4 Å². The molecule has 2 heterocycles. The van der Waals surface area contributed by atoms with Crippen LogP contribution in [0.15, 0.2) is 30.5 Å². The van der Waals surface area contributed by atoms with Crippen molar-refractivity contribution in [2.75, 3.05) is 26.3 Å². The number of ether oxygens (including phenoxy) is 3. The fourth-order valence-electron chi connectivity index (χ4n) is 3.15. The molecule has 6 nitrogen and oxygen atoms in total. The Kier molecular flexibility index (Phi) is 4.97. The number of fused-ring (bicyclic) bond motifs is 2. The lowest BCUT2D eigenvalue weighted by Crippen LogP contribution is -2.39. The standard InChI is InChI=1S/C19H23N3O3/c1-2-6-16-15(5-1)21-12-19(22-16)23-10-9-20-11-14-13-24-17-7-3-4-8-18(17)25-14/h3-4,7-8,12,14,20H,1-2,5-6,9-11,13H2. The van der Waals surface area contributed by atoms with Crippen LogP contribution in [0, 0.1) is 0 Å². The molecule has 0 radical (unpaired) electrons. The van der Waals surface area contributed by atoms with E-state index in [1.807, 2.05) is 24.3 Å². The van der Waals surface area contributed by atoms with E-state index < -0.39 is 0 Å². The van der Waals surface area contributed by atoms with E-state index >= 15 is 0 Å². The summed E-state index contributed by atoms with van der Waals surface area (Å²) in [6.45, 7) is 2.55. The highest BCUT2D eigenvalue weighted by Crippen LogP contribution is 2.30. The largest absolute Gasteiger partial charge is 0.486 e. The molecule has 4 rings (SSSR count). The Bertz CT molecular complexity index is 723. The summed E-state index contributed by atoms with van der Waals surface area (Å²) in [7, 11) is 0. The third-order valence-electron chi connectivity index (χ3n) is 4.45. The number of nitrogens with zero attached hydrogens (tertiary/aromatic N) is 2. The van der Waals surface area contributed by atoms with Crippen molar-refractivity contribution in [3.63, 3.8) is 0 Å². The molecule has 1 aliphatic carbocycles. The lowest BCUT2D eigenvalue weighted by molar-refractivity contribution is 0.0897. The third kappa shape index (κ3) is 4.02. The Morgan fingerprint density at radius 1 is 1.12 bits per heavy atom. The fourth-order valence-corrected chi connectivity index (χ4v) is 3.15.